The second-order valence-corrected chi connectivity index (χ2v) is 4.48. The van der Waals surface area contributed by atoms with Gasteiger partial charge in [-0.2, -0.15) is 4.98 Å². The normalized spacial score (nSPS) is 10.5. The van der Waals surface area contributed by atoms with Gasteiger partial charge < -0.3 is 5.73 Å². The van der Waals surface area contributed by atoms with Crippen LogP contribution in [0.1, 0.15) is 16.7 Å². The molecule has 0 radical (unpaired) electrons. The van der Waals surface area contributed by atoms with Crippen molar-refractivity contribution in [1.82, 2.24) is 14.5 Å². The highest BCUT2D eigenvalue weighted by Crippen LogP contribution is 2.20. The SMILES string of the molecule is Cc1cc(C)c(-n2cnc(N)nc2=S)c(C)c1. The lowest BCUT2D eigenvalue weighted by atomic mass is 10.1. The molecule has 0 atom stereocenters. The second kappa shape index (κ2) is 4.25. The van der Waals surface area contributed by atoms with Crippen LogP contribution < -0.4 is 5.73 Å². The number of anilines is 1. The van der Waals surface area contributed by atoms with Crippen LogP contribution in [0.2, 0.25) is 0 Å². The maximum Gasteiger partial charge on any atom is 0.224 e. The molecular weight excluding hydrogens is 232 g/mol. The molecule has 2 rings (SSSR count). The minimum atomic E-state index is 0.202. The third-order valence-corrected chi connectivity index (χ3v) is 2.89. The lowest BCUT2D eigenvalue weighted by Crippen LogP contribution is -2.07. The van der Waals surface area contributed by atoms with Crippen molar-refractivity contribution in [3.63, 3.8) is 0 Å². The minimum absolute atomic E-state index is 0.202. The van der Waals surface area contributed by atoms with Crippen molar-refractivity contribution in [3.8, 4) is 5.69 Å². The molecule has 2 aromatic rings. The molecule has 1 aromatic carbocycles. The monoisotopic (exact) mass is 246 g/mol. The first-order chi connectivity index (χ1) is 7.99. The van der Waals surface area contributed by atoms with Crippen molar-refractivity contribution in [2.75, 3.05) is 5.73 Å². The van der Waals surface area contributed by atoms with Gasteiger partial charge >= 0.3 is 0 Å². The van der Waals surface area contributed by atoms with Crippen molar-refractivity contribution in [2.24, 2.45) is 0 Å². The highest BCUT2D eigenvalue weighted by atomic mass is 32.1. The zero-order chi connectivity index (χ0) is 12.6. The standard InChI is InChI=1S/C12H14N4S/c1-7-4-8(2)10(9(3)5-7)16-6-14-11(13)15-12(16)17/h4-6H,1-3H3,(H2,13,15,17). The van der Waals surface area contributed by atoms with E-state index in [9.17, 15) is 0 Å². The first-order valence-corrected chi connectivity index (χ1v) is 5.69. The Labute approximate surface area is 105 Å². The molecule has 0 aliphatic carbocycles. The Morgan fingerprint density at radius 3 is 2.29 bits per heavy atom. The highest BCUT2D eigenvalue weighted by Gasteiger charge is 2.07. The molecule has 4 nitrogen and oxygen atoms in total. The van der Waals surface area contributed by atoms with Gasteiger partial charge in [0.25, 0.3) is 0 Å². The quantitative estimate of drug-likeness (QED) is 0.785. The molecule has 5 heteroatoms. The topological polar surface area (TPSA) is 56.7 Å². The maximum absolute atomic E-state index is 5.50. The van der Waals surface area contributed by atoms with Gasteiger partial charge in [-0.05, 0) is 44.1 Å². The summed E-state index contributed by atoms with van der Waals surface area (Å²) in [4.78, 5) is 7.98. The smallest absolute Gasteiger partial charge is 0.224 e. The van der Waals surface area contributed by atoms with E-state index in [0.717, 1.165) is 16.8 Å². The van der Waals surface area contributed by atoms with Crippen LogP contribution in [0.5, 0.6) is 0 Å². The van der Waals surface area contributed by atoms with Crippen molar-refractivity contribution >= 4 is 18.2 Å². The Balaban J connectivity index is 2.73. The summed E-state index contributed by atoms with van der Waals surface area (Å²) in [7, 11) is 0. The molecule has 1 heterocycles. The van der Waals surface area contributed by atoms with Crippen LogP contribution in [0.4, 0.5) is 5.95 Å². The van der Waals surface area contributed by atoms with Crippen LogP contribution in [-0.2, 0) is 0 Å². The molecule has 0 saturated carbocycles. The molecule has 88 valence electrons. The lowest BCUT2D eigenvalue weighted by molar-refractivity contribution is 0.888. The van der Waals surface area contributed by atoms with Crippen LogP contribution in [0.25, 0.3) is 5.69 Å². The Morgan fingerprint density at radius 1 is 1.18 bits per heavy atom. The van der Waals surface area contributed by atoms with E-state index in [1.54, 1.807) is 10.9 Å². The molecule has 17 heavy (non-hydrogen) atoms. The van der Waals surface area contributed by atoms with Crippen LogP contribution in [0, 0.1) is 25.5 Å². The van der Waals surface area contributed by atoms with Gasteiger partial charge in [-0.25, -0.2) is 4.98 Å². The molecule has 1 aromatic heterocycles. The third-order valence-electron chi connectivity index (χ3n) is 2.60. The van der Waals surface area contributed by atoms with Crippen molar-refractivity contribution < 1.29 is 0 Å². The van der Waals surface area contributed by atoms with E-state index in [4.69, 9.17) is 18.0 Å². The molecule has 0 saturated heterocycles. The molecule has 0 bridgehead atoms. The molecule has 0 aliphatic rings. The van der Waals surface area contributed by atoms with Crippen molar-refractivity contribution in [3.05, 3.63) is 39.9 Å². The van der Waals surface area contributed by atoms with Gasteiger partial charge in [-0.15, -0.1) is 0 Å². The van der Waals surface area contributed by atoms with E-state index in [2.05, 4.69) is 29.0 Å². The van der Waals surface area contributed by atoms with Crippen molar-refractivity contribution in [1.29, 1.82) is 0 Å². The number of hydrogen-bond donors (Lipinski definition) is 1. The summed E-state index contributed by atoms with van der Waals surface area (Å²) < 4.78 is 2.21. The van der Waals surface area contributed by atoms with Crippen LogP contribution in [-0.4, -0.2) is 14.5 Å². The number of nitrogens with two attached hydrogens (primary N) is 1. The van der Waals surface area contributed by atoms with Gasteiger partial charge in [-0.1, -0.05) is 17.7 Å². The first-order valence-electron chi connectivity index (χ1n) is 5.28. The van der Waals surface area contributed by atoms with Gasteiger partial charge in [0.2, 0.25) is 10.7 Å². The summed E-state index contributed by atoms with van der Waals surface area (Å²) >= 11 is 5.21. The largest absolute Gasteiger partial charge is 0.368 e. The third kappa shape index (κ3) is 2.19. The predicted molar refractivity (Wildman–Crippen MR) is 70.8 cm³/mol. The Hall–Kier alpha value is -1.75. The summed E-state index contributed by atoms with van der Waals surface area (Å²) in [5, 5.41) is 0. The van der Waals surface area contributed by atoms with Crippen LogP contribution in [0.3, 0.4) is 0 Å². The Morgan fingerprint density at radius 2 is 1.76 bits per heavy atom. The highest BCUT2D eigenvalue weighted by molar-refractivity contribution is 7.71. The fraction of sp³-hybridized carbons (Fsp3) is 0.250. The van der Waals surface area contributed by atoms with Gasteiger partial charge in [0, 0.05) is 0 Å². The molecule has 2 N–H and O–H groups in total. The molecule has 0 unspecified atom stereocenters. The van der Waals surface area contributed by atoms with E-state index >= 15 is 0 Å². The number of rotatable bonds is 1. The van der Waals surface area contributed by atoms with E-state index in [0.29, 0.717) is 4.77 Å². The summed E-state index contributed by atoms with van der Waals surface area (Å²) in [6.07, 6.45) is 1.62. The summed E-state index contributed by atoms with van der Waals surface area (Å²) in [5.74, 6) is 0.202. The summed E-state index contributed by atoms with van der Waals surface area (Å²) in [6.45, 7) is 6.17. The number of hydrogen-bond acceptors (Lipinski definition) is 4. The van der Waals surface area contributed by atoms with Gasteiger partial charge in [0.05, 0.1) is 5.69 Å². The molecule has 0 spiro atoms. The van der Waals surface area contributed by atoms with Gasteiger partial charge in [0.1, 0.15) is 6.33 Å². The Kier molecular flexibility index (Phi) is 2.93. The Bertz CT molecular complexity index is 608. The average molecular weight is 246 g/mol. The first kappa shape index (κ1) is 11.7. The van der Waals surface area contributed by atoms with E-state index in [-0.39, 0.29) is 5.95 Å². The van der Waals surface area contributed by atoms with E-state index in [1.165, 1.54) is 5.56 Å². The predicted octanol–water partition coefficient (Wildman–Crippen LogP) is 2.50. The van der Waals surface area contributed by atoms with E-state index < -0.39 is 0 Å². The van der Waals surface area contributed by atoms with Gasteiger partial charge in [0.15, 0.2) is 0 Å². The summed E-state index contributed by atoms with van der Waals surface area (Å²) in [6, 6.07) is 4.22. The average Bonchev–Trinajstić information content (AvgIpc) is 2.19. The minimum Gasteiger partial charge on any atom is -0.368 e. The molecule has 0 amide bonds. The number of aromatic nitrogens is 3. The fourth-order valence-electron chi connectivity index (χ4n) is 2.05. The summed E-state index contributed by atoms with van der Waals surface area (Å²) in [5.41, 5.74) is 10.1. The zero-order valence-corrected chi connectivity index (χ0v) is 10.9. The van der Waals surface area contributed by atoms with E-state index in [1.807, 2.05) is 13.8 Å². The number of nitrogen functional groups attached to an aromatic ring is 1. The number of aryl methyl sites for hydroxylation is 3. The number of benzene rings is 1. The zero-order valence-electron chi connectivity index (χ0n) is 10.1. The fourth-order valence-corrected chi connectivity index (χ4v) is 2.28. The maximum atomic E-state index is 5.50. The van der Waals surface area contributed by atoms with Crippen molar-refractivity contribution in [2.45, 2.75) is 20.8 Å². The molecular formula is C12H14N4S. The molecule has 0 fully saturated rings. The molecule has 0 aliphatic heterocycles. The second-order valence-electron chi connectivity index (χ2n) is 4.11. The van der Waals surface area contributed by atoms with Gasteiger partial charge in [-0.3, -0.25) is 4.57 Å². The van der Waals surface area contributed by atoms with Crippen LogP contribution in [0.15, 0.2) is 18.5 Å². The number of nitrogens with zero attached hydrogens (tertiary/aromatic N) is 3. The van der Waals surface area contributed by atoms with Crippen LogP contribution >= 0.6 is 12.2 Å². The lowest BCUT2D eigenvalue weighted by Gasteiger charge is -2.13.